The largest absolute Gasteiger partial charge is 0.481 e. The number of benzene rings is 1. The van der Waals surface area contributed by atoms with Crippen molar-refractivity contribution in [3.05, 3.63) is 29.8 Å². The van der Waals surface area contributed by atoms with Crippen LogP contribution in [0.25, 0.3) is 0 Å². The minimum Gasteiger partial charge on any atom is -0.481 e. The van der Waals surface area contributed by atoms with Crippen LogP contribution in [0.3, 0.4) is 0 Å². The Hall–Kier alpha value is -1.51. The normalized spacial score (nSPS) is 35.2. The number of hydrogen-bond acceptors (Lipinski definition) is 2. The Balaban J connectivity index is 1.38. The summed E-state index contributed by atoms with van der Waals surface area (Å²) in [6, 6.07) is 8.14. The SMILES string of the molecule is Cc1cccc(O[C@@H](C)C(=O)N[C@@H](C)C23CC4CC(CC(C4)C2)C3)c1. The maximum atomic E-state index is 12.7. The first kappa shape index (κ1) is 16.9. The molecule has 1 aromatic rings. The Morgan fingerprint density at radius 2 is 1.72 bits per heavy atom. The Kier molecular flexibility index (Phi) is 4.29. The molecule has 4 aliphatic carbocycles. The smallest absolute Gasteiger partial charge is 0.261 e. The van der Waals surface area contributed by atoms with Gasteiger partial charge < -0.3 is 10.1 Å². The fraction of sp³-hybridized carbons (Fsp3) is 0.682. The van der Waals surface area contributed by atoms with Gasteiger partial charge in [0.2, 0.25) is 0 Å². The molecule has 4 saturated carbocycles. The van der Waals surface area contributed by atoms with Gasteiger partial charge in [0.05, 0.1) is 0 Å². The second kappa shape index (κ2) is 6.34. The summed E-state index contributed by atoms with van der Waals surface area (Å²) in [6.45, 7) is 6.11. The van der Waals surface area contributed by atoms with Gasteiger partial charge in [-0.2, -0.15) is 0 Å². The first-order valence-electron chi connectivity index (χ1n) is 9.97. The van der Waals surface area contributed by atoms with E-state index in [-0.39, 0.29) is 11.9 Å². The minimum absolute atomic E-state index is 0.0183. The van der Waals surface area contributed by atoms with Crippen LogP contribution in [0, 0.1) is 30.1 Å². The van der Waals surface area contributed by atoms with Crippen LogP contribution in [-0.2, 0) is 4.79 Å². The molecular weight excluding hydrogens is 310 g/mol. The lowest BCUT2D eigenvalue weighted by Gasteiger charge is -2.59. The van der Waals surface area contributed by atoms with E-state index in [9.17, 15) is 4.79 Å². The highest BCUT2D eigenvalue weighted by Crippen LogP contribution is 2.61. The predicted molar refractivity (Wildman–Crippen MR) is 99.5 cm³/mol. The lowest BCUT2D eigenvalue weighted by molar-refractivity contribution is -0.131. The van der Waals surface area contributed by atoms with Crippen LogP contribution >= 0.6 is 0 Å². The molecule has 3 nitrogen and oxygen atoms in total. The van der Waals surface area contributed by atoms with Gasteiger partial charge in [-0.05, 0) is 100 Å². The molecule has 1 aromatic carbocycles. The molecule has 0 aromatic heterocycles. The van der Waals surface area contributed by atoms with E-state index in [0.29, 0.717) is 5.41 Å². The number of ether oxygens (including phenoxy) is 1. The maximum absolute atomic E-state index is 12.7. The molecule has 5 rings (SSSR count). The summed E-state index contributed by atoms with van der Waals surface area (Å²) in [5.74, 6) is 3.51. The van der Waals surface area contributed by atoms with E-state index in [2.05, 4.69) is 12.2 Å². The van der Waals surface area contributed by atoms with Crippen LogP contribution in [-0.4, -0.2) is 18.1 Å². The second-order valence-corrected chi connectivity index (χ2v) is 9.09. The van der Waals surface area contributed by atoms with Crippen molar-refractivity contribution in [3.63, 3.8) is 0 Å². The van der Waals surface area contributed by atoms with Gasteiger partial charge in [-0.3, -0.25) is 4.79 Å². The lowest BCUT2D eigenvalue weighted by atomic mass is 9.48. The summed E-state index contributed by atoms with van der Waals surface area (Å²) < 4.78 is 5.86. The monoisotopic (exact) mass is 341 g/mol. The number of hydrogen-bond donors (Lipinski definition) is 1. The molecule has 136 valence electrons. The van der Waals surface area contributed by atoms with E-state index in [1.165, 1.54) is 38.5 Å². The molecule has 3 heteroatoms. The molecule has 4 fully saturated rings. The van der Waals surface area contributed by atoms with Gasteiger partial charge >= 0.3 is 0 Å². The number of carbonyl (C=O) groups excluding carboxylic acids is 1. The number of rotatable bonds is 5. The molecule has 1 amide bonds. The van der Waals surface area contributed by atoms with E-state index in [0.717, 1.165) is 29.1 Å². The van der Waals surface area contributed by atoms with Gasteiger partial charge in [-0.1, -0.05) is 12.1 Å². The topological polar surface area (TPSA) is 38.3 Å². The van der Waals surface area contributed by atoms with Crippen molar-refractivity contribution in [2.24, 2.45) is 23.2 Å². The molecule has 2 atom stereocenters. The van der Waals surface area contributed by atoms with Gasteiger partial charge in [0.15, 0.2) is 6.10 Å². The van der Waals surface area contributed by atoms with Crippen molar-refractivity contribution >= 4 is 5.91 Å². The van der Waals surface area contributed by atoms with Crippen molar-refractivity contribution in [1.82, 2.24) is 5.32 Å². The van der Waals surface area contributed by atoms with Crippen molar-refractivity contribution < 1.29 is 9.53 Å². The third-order valence-corrected chi connectivity index (χ3v) is 7.03. The Labute approximate surface area is 151 Å². The maximum Gasteiger partial charge on any atom is 0.261 e. The Morgan fingerprint density at radius 3 is 2.28 bits per heavy atom. The molecule has 25 heavy (non-hydrogen) atoms. The molecule has 0 spiro atoms. The van der Waals surface area contributed by atoms with Gasteiger partial charge in [0.1, 0.15) is 5.75 Å². The van der Waals surface area contributed by atoms with Gasteiger partial charge in [-0.15, -0.1) is 0 Å². The first-order chi connectivity index (χ1) is 11.9. The summed E-state index contributed by atoms with van der Waals surface area (Å²) in [6.07, 6.45) is 7.79. The van der Waals surface area contributed by atoms with Crippen molar-refractivity contribution in [3.8, 4) is 5.75 Å². The van der Waals surface area contributed by atoms with Crippen LogP contribution in [0.5, 0.6) is 5.75 Å². The highest BCUT2D eigenvalue weighted by Gasteiger charge is 2.53. The second-order valence-electron chi connectivity index (χ2n) is 9.09. The fourth-order valence-corrected chi connectivity index (χ4v) is 6.14. The highest BCUT2D eigenvalue weighted by molar-refractivity contribution is 5.81. The standard InChI is InChI=1S/C22H31NO2/c1-14-5-4-6-20(7-14)25-15(2)21(24)23-16(3)22-11-17-8-18(12-22)10-19(9-17)13-22/h4-7,15-19H,8-13H2,1-3H3,(H,23,24)/t15-,16-,17?,18?,19?,22?/m0/s1. The third-order valence-electron chi connectivity index (χ3n) is 7.03. The average Bonchev–Trinajstić information content (AvgIpc) is 2.53. The van der Waals surface area contributed by atoms with E-state index < -0.39 is 6.10 Å². The first-order valence-corrected chi connectivity index (χ1v) is 9.97. The molecule has 4 aliphatic rings. The van der Waals surface area contributed by atoms with Crippen molar-refractivity contribution in [2.45, 2.75) is 71.4 Å². The zero-order valence-electron chi connectivity index (χ0n) is 15.8. The van der Waals surface area contributed by atoms with Crippen LogP contribution in [0.1, 0.15) is 57.9 Å². The van der Waals surface area contributed by atoms with Crippen molar-refractivity contribution in [2.75, 3.05) is 0 Å². The number of carbonyl (C=O) groups is 1. The molecule has 0 radical (unpaired) electrons. The summed E-state index contributed by atoms with van der Waals surface area (Å²) in [5, 5.41) is 3.31. The highest BCUT2D eigenvalue weighted by atomic mass is 16.5. The van der Waals surface area contributed by atoms with E-state index in [4.69, 9.17) is 4.74 Å². The quantitative estimate of drug-likeness (QED) is 0.857. The molecular formula is C22H31NO2. The van der Waals surface area contributed by atoms with Gasteiger partial charge in [-0.25, -0.2) is 0 Å². The lowest BCUT2D eigenvalue weighted by Crippen LogP contribution is -2.57. The van der Waals surface area contributed by atoms with Crippen LogP contribution in [0.2, 0.25) is 0 Å². The Morgan fingerprint density at radius 1 is 1.12 bits per heavy atom. The summed E-state index contributed by atoms with van der Waals surface area (Å²) in [7, 11) is 0. The van der Waals surface area contributed by atoms with Gasteiger partial charge in [0, 0.05) is 6.04 Å². The van der Waals surface area contributed by atoms with E-state index >= 15 is 0 Å². The summed E-state index contributed by atoms with van der Waals surface area (Å²) >= 11 is 0. The Bertz CT molecular complexity index is 618. The number of amides is 1. The van der Waals surface area contributed by atoms with E-state index in [1.807, 2.05) is 38.1 Å². The van der Waals surface area contributed by atoms with Crippen LogP contribution < -0.4 is 10.1 Å². The summed E-state index contributed by atoms with van der Waals surface area (Å²) in [4.78, 5) is 12.7. The van der Waals surface area contributed by atoms with Gasteiger partial charge in [0.25, 0.3) is 5.91 Å². The third kappa shape index (κ3) is 3.30. The summed E-state index contributed by atoms with van der Waals surface area (Å²) in [5.41, 5.74) is 1.49. The zero-order chi connectivity index (χ0) is 17.6. The fourth-order valence-electron chi connectivity index (χ4n) is 6.14. The molecule has 0 unspecified atom stereocenters. The minimum atomic E-state index is -0.460. The molecule has 0 saturated heterocycles. The zero-order valence-corrected chi connectivity index (χ0v) is 15.8. The molecule has 0 heterocycles. The predicted octanol–water partition coefficient (Wildman–Crippen LogP) is 4.48. The van der Waals surface area contributed by atoms with E-state index in [1.54, 1.807) is 0 Å². The van der Waals surface area contributed by atoms with Crippen LogP contribution in [0.4, 0.5) is 0 Å². The molecule has 0 aliphatic heterocycles. The number of nitrogens with one attached hydrogen (secondary N) is 1. The molecule has 1 N–H and O–H groups in total. The average molecular weight is 341 g/mol. The van der Waals surface area contributed by atoms with Crippen molar-refractivity contribution in [1.29, 1.82) is 0 Å². The number of aryl methyl sites for hydroxylation is 1. The van der Waals surface area contributed by atoms with Crippen LogP contribution in [0.15, 0.2) is 24.3 Å². The molecule has 4 bridgehead atoms.